The lowest BCUT2D eigenvalue weighted by Crippen LogP contribution is -2.53. The Kier molecular flexibility index (Phi) is 6.61. The smallest absolute Gasteiger partial charge is 0.244 e. The van der Waals surface area contributed by atoms with Crippen molar-refractivity contribution >= 4 is 5.91 Å². The standard InChI is InChI=1S/C15H30N2O/c1-8-11-14(2,3)15(4,5)16-13(18)10-9-12-17(6)7/h9-10H,8,11-12H2,1-7H3,(H,16,18)/b10-9+. The van der Waals surface area contributed by atoms with Gasteiger partial charge < -0.3 is 10.2 Å². The van der Waals surface area contributed by atoms with Gasteiger partial charge in [0, 0.05) is 18.2 Å². The average molecular weight is 254 g/mol. The number of hydrogen-bond acceptors (Lipinski definition) is 2. The van der Waals surface area contributed by atoms with Gasteiger partial charge in [0.15, 0.2) is 0 Å². The highest BCUT2D eigenvalue weighted by atomic mass is 16.1. The van der Waals surface area contributed by atoms with E-state index in [2.05, 4.69) is 39.9 Å². The molecule has 0 rings (SSSR count). The molecule has 0 aliphatic carbocycles. The number of rotatable bonds is 7. The third kappa shape index (κ3) is 5.67. The molecule has 0 atom stereocenters. The zero-order chi connectivity index (χ0) is 14.4. The van der Waals surface area contributed by atoms with E-state index in [4.69, 9.17) is 0 Å². The van der Waals surface area contributed by atoms with E-state index in [-0.39, 0.29) is 16.9 Å². The van der Waals surface area contributed by atoms with Crippen LogP contribution in [0.1, 0.15) is 47.5 Å². The van der Waals surface area contributed by atoms with Gasteiger partial charge in [-0.1, -0.05) is 33.3 Å². The minimum Gasteiger partial charge on any atom is -0.347 e. The molecule has 0 unspecified atom stereocenters. The predicted octanol–water partition coefficient (Wildman–Crippen LogP) is 2.83. The first-order valence-electron chi connectivity index (χ1n) is 6.76. The van der Waals surface area contributed by atoms with E-state index in [9.17, 15) is 4.79 Å². The molecule has 0 saturated carbocycles. The van der Waals surface area contributed by atoms with Gasteiger partial charge >= 0.3 is 0 Å². The Balaban J connectivity index is 4.48. The molecule has 0 fully saturated rings. The molecule has 1 amide bonds. The van der Waals surface area contributed by atoms with Crippen LogP contribution in [0.3, 0.4) is 0 Å². The fraction of sp³-hybridized carbons (Fsp3) is 0.800. The number of nitrogens with zero attached hydrogens (tertiary/aromatic N) is 1. The zero-order valence-electron chi connectivity index (χ0n) is 13.1. The van der Waals surface area contributed by atoms with Gasteiger partial charge in [0.25, 0.3) is 0 Å². The number of carbonyl (C=O) groups is 1. The van der Waals surface area contributed by atoms with Gasteiger partial charge in [-0.15, -0.1) is 0 Å². The Morgan fingerprint density at radius 3 is 2.22 bits per heavy atom. The highest BCUT2D eigenvalue weighted by molar-refractivity contribution is 5.88. The van der Waals surface area contributed by atoms with Gasteiger partial charge in [0.1, 0.15) is 0 Å². The highest BCUT2D eigenvalue weighted by Gasteiger charge is 2.36. The van der Waals surface area contributed by atoms with Crippen LogP contribution in [0.5, 0.6) is 0 Å². The molecule has 0 aliphatic rings. The maximum Gasteiger partial charge on any atom is 0.244 e. The van der Waals surface area contributed by atoms with Crippen molar-refractivity contribution in [2.24, 2.45) is 5.41 Å². The lowest BCUT2D eigenvalue weighted by molar-refractivity contribution is -0.119. The summed E-state index contributed by atoms with van der Waals surface area (Å²) < 4.78 is 0. The summed E-state index contributed by atoms with van der Waals surface area (Å²) in [6, 6.07) is 0. The molecule has 0 aliphatic heterocycles. The number of nitrogens with one attached hydrogen (secondary N) is 1. The summed E-state index contributed by atoms with van der Waals surface area (Å²) in [5.74, 6) is -0.00831. The first kappa shape index (κ1) is 17.2. The van der Waals surface area contributed by atoms with Crippen LogP contribution in [0.25, 0.3) is 0 Å². The molecule has 0 aromatic carbocycles. The topological polar surface area (TPSA) is 32.3 Å². The predicted molar refractivity (Wildman–Crippen MR) is 78.6 cm³/mol. The molecule has 0 aromatic rings. The van der Waals surface area contributed by atoms with Gasteiger partial charge in [-0.25, -0.2) is 0 Å². The van der Waals surface area contributed by atoms with Crippen LogP contribution in [-0.4, -0.2) is 37.0 Å². The molecule has 0 aromatic heterocycles. The van der Waals surface area contributed by atoms with E-state index in [1.165, 1.54) is 0 Å². The monoisotopic (exact) mass is 254 g/mol. The minimum atomic E-state index is -0.206. The Hall–Kier alpha value is -0.830. The summed E-state index contributed by atoms with van der Waals surface area (Å²) in [6.07, 6.45) is 5.74. The second-order valence-corrected chi connectivity index (χ2v) is 6.41. The molecule has 0 bridgehead atoms. The summed E-state index contributed by atoms with van der Waals surface area (Å²) in [4.78, 5) is 13.9. The van der Waals surface area contributed by atoms with Crippen LogP contribution in [-0.2, 0) is 4.79 Å². The van der Waals surface area contributed by atoms with Gasteiger partial charge in [0.05, 0.1) is 0 Å². The summed E-state index contributed by atoms with van der Waals surface area (Å²) in [5, 5.41) is 3.11. The van der Waals surface area contributed by atoms with E-state index in [1.54, 1.807) is 6.08 Å². The molecule has 3 nitrogen and oxygen atoms in total. The van der Waals surface area contributed by atoms with Crippen LogP contribution in [0.15, 0.2) is 12.2 Å². The second kappa shape index (κ2) is 6.93. The molecule has 18 heavy (non-hydrogen) atoms. The van der Waals surface area contributed by atoms with Crippen LogP contribution in [0, 0.1) is 5.41 Å². The van der Waals surface area contributed by atoms with Crippen molar-refractivity contribution in [3.63, 3.8) is 0 Å². The van der Waals surface area contributed by atoms with Crippen LogP contribution in [0.2, 0.25) is 0 Å². The van der Waals surface area contributed by atoms with E-state index in [0.29, 0.717) is 0 Å². The lowest BCUT2D eigenvalue weighted by Gasteiger charge is -2.42. The molecule has 0 spiro atoms. The summed E-state index contributed by atoms with van der Waals surface area (Å²) >= 11 is 0. The molecule has 0 radical (unpaired) electrons. The van der Waals surface area contributed by atoms with Crippen LogP contribution >= 0.6 is 0 Å². The maximum atomic E-state index is 11.9. The quantitative estimate of drug-likeness (QED) is 0.709. The van der Waals surface area contributed by atoms with Crippen molar-refractivity contribution < 1.29 is 4.79 Å². The number of hydrogen-bond donors (Lipinski definition) is 1. The highest BCUT2D eigenvalue weighted by Crippen LogP contribution is 2.34. The zero-order valence-corrected chi connectivity index (χ0v) is 13.1. The fourth-order valence-electron chi connectivity index (χ4n) is 1.83. The molecule has 3 heteroatoms. The summed E-state index contributed by atoms with van der Waals surface area (Å²) in [7, 11) is 3.97. The molecule has 1 N–H and O–H groups in total. The van der Waals surface area contributed by atoms with E-state index in [0.717, 1.165) is 19.4 Å². The van der Waals surface area contributed by atoms with Crippen LogP contribution < -0.4 is 5.32 Å². The molecule has 0 saturated heterocycles. The Bertz CT molecular complexity index is 291. The van der Waals surface area contributed by atoms with E-state index in [1.807, 2.05) is 25.1 Å². The SMILES string of the molecule is CCCC(C)(C)C(C)(C)NC(=O)/C=C/CN(C)C. The van der Waals surface area contributed by atoms with Gasteiger partial charge in [-0.05, 0) is 39.8 Å². The van der Waals surface area contributed by atoms with Gasteiger partial charge in [-0.3, -0.25) is 4.79 Å². The Labute approximate surface area is 113 Å². The van der Waals surface area contributed by atoms with E-state index < -0.39 is 0 Å². The van der Waals surface area contributed by atoms with E-state index >= 15 is 0 Å². The molecular formula is C15H30N2O. The third-order valence-electron chi connectivity index (χ3n) is 3.74. The number of likely N-dealkylation sites (N-methyl/N-ethyl adjacent to an activating group) is 1. The van der Waals surface area contributed by atoms with Crippen molar-refractivity contribution in [3.05, 3.63) is 12.2 Å². The molecular weight excluding hydrogens is 224 g/mol. The minimum absolute atomic E-state index is 0.00831. The summed E-state index contributed by atoms with van der Waals surface area (Å²) in [5.41, 5.74) is -0.116. The van der Waals surface area contributed by atoms with Gasteiger partial charge in [0.2, 0.25) is 5.91 Å². The maximum absolute atomic E-state index is 11.9. The fourth-order valence-corrected chi connectivity index (χ4v) is 1.83. The molecule has 0 heterocycles. The van der Waals surface area contributed by atoms with Crippen molar-refractivity contribution in [3.8, 4) is 0 Å². The Morgan fingerprint density at radius 1 is 1.22 bits per heavy atom. The lowest BCUT2D eigenvalue weighted by atomic mass is 9.71. The number of amides is 1. The second-order valence-electron chi connectivity index (χ2n) is 6.41. The summed E-state index contributed by atoms with van der Waals surface area (Å²) in [6.45, 7) is 11.6. The average Bonchev–Trinajstić information content (AvgIpc) is 2.15. The van der Waals surface area contributed by atoms with Crippen molar-refractivity contribution in [2.75, 3.05) is 20.6 Å². The Morgan fingerprint density at radius 2 is 1.78 bits per heavy atom. The number of carbonyl (C=O) groups excluding carboxylic acids is 1. The first-order valence-corrected chi connectivity index (χ1v) is 6.76. The van der Waals surface area contributed by atoms with Crippen molar-refractivity contribution in [1.29, 1.82) is 0 Å². The molecule has 106 valence electrons. The van der Waals surface area contributed by atoms with Crippen molar-refractivity contribution in [2.45, 2.75) is 53.0 Å². The third-order valence-corrected chi connectivity index (χ3v) is 3.74. The normalized spacial score (nSPS) is 13.3. The van der Waals surface area contributed by atoms with Gasteiger partial charge in [-0.2, -0.15) is 0 Å². The van der Waals surface area contributed by atoms with Crippen molar-refractivity contribution in [1.82, 2.24) is 10.2 Å². The van der Waals surface area contributed by atoms with Crippen LogP contribution in [0.4, 0.5) is 0 Å². The first-order chi connectivity index (χ1) is 8.12. The largest absolute Gasteiger partial charge is 0.347 e.